The van der Waals surface area contributed by atoms with Gasteiger partial charge in [-0.05, 0) is 133 Å². The SMILES string of the molecule is CC1(C)C(/C=C/C(=C/C=C2\N(CCCS(=O)(=O)O)c3ccc(S(=O)(=O)O)cc3C2(C)C)c2cccc(CCC(=O)NCCCCCCNC(=O)c3cccc(Oc4cc(CN)cc(C(F)(F)F)n4)c3)c2)=Nc2c1cc(Cl)c[n+]2CCCS(=O)(=O)O. The van der Waals surface area contributed by atoms with Crippen molar-refractivity contribution in [3.05, 3.63) is 165 Å². The lowest BCUT2D eigenvalue weighted by atomic mass is 9.81. The Hall–Kier alpha value is -6.84. The van der Waals surface area contributed by atoms with E-state index in [0.29, 0.717) is 71.4 Å². The van der Waals surface area contributed by atoms with Gasteiger partial charge >= 0.3 is 12.0 Å². The molecule has 2 amide bonds. The summed E-state index contributed by atoms with van der Waals surface area (Å²) in [6, 6.07) is 21.8. The van der Waals surface area contributed by atoms with Crippen LogP contribution in [0.2, 0.25) is 5.02 Å². The van der Waals surface area contributed by atoms with Gasteiger partial charge in [0.05, 0.1) is 38.9 Å². The van der Waals surface area contributed by atoms with E-state index in [-0.39, 0.29) is 72.5 Å². The van der Waals surface area contributed by atoms with E-state index in [4.69, 9.17) is 27.1 Å². The fourth-order valence-corrected chi connectivity index (χ4v) is 11.8. The molecule has 0 bridgehead atoms. The predicted octanol–water partition coefficient (Wildman–Crippen LogP) is 9.82. The number of ether oxygens (including phenoxy) is 1. The summed E-state index contributed by atoms with van der Waals surface area (Å²) in [6.45, 7) is 8.64. The van der Waals surface area contributed by atoms with Crippen molar-refractivity contribution < 1.29 is 71.0 Å². The van der Waals surface area contributed by atoms with Gasteiger partial charge in [0.2, 0.25) is 11.8 Å². The van der Waals surface area contributed by atoms with E-state index < -0.39 is 70.5 Å². The van der Waals surface area contributed by atoms with Crippen LogP contribution in [0.1, 0.15) is 117 Å². The predicted molar refractivity (Wildman–Crippen MR) is 318 cm³/mol. The van der Waals surface area contributed by atoms with Crippen LogP contribution >= 0.6 is 11.6 Å². The van der Waals surface area contributed by atoms with Gasteiger partial charge in [0.1, 0.15) is 17.6 Å². The molecule has 0 atom stereocenters. The second-order valence-corrected chi connectivity index (χ2v) is 26.7. The average Bonchev–Trinajstić information content (AvgIpc) is 2.94. The first-order valence-corrected chi connectivity index (χ1v) is 32.3. The molecule has 0 radical (unpaired) electrons. The second-order valence-electron chi connectivity index (χ2n) is 21.7. The molecular weight excluding hydrogens is 1190 g/mol. The zero-order chi connectivity index (χ0) is 62.1. The molecule has 5 aromatic rings. The molecule has 7 rings (SSSR count). The van der Waals surface area contributed by atoms with Crippen molar-refractivity contribution in [3.63, 3.8) is 0 Å². The van der Waals surface area contributed by atoms with Crippen molar-refractivity contribution in [2.75, 3.05) is 36.0 Å². The quantitative estimate of drug-likeness (QED) is 0.0123. The highest BCUT2D eigenvalue weighted by Crippen LogP contribution is 2.49. The number of nitrogens with zero attached hydrogens (tertiary/aromatic N) is 4. The fourth-order valence-electron chi connectivity index (χ4n) is 10.0. The van der Waals surface area contributed by atoms with E-state index in [1.54, 1.807) is 35.0 Å². The number of unbranched alkanes of at least 4 members (excludes halogenated alkanes) is 3. The lowest BCUT2D eigenvalue weighted by Gasteiger charge is -2.27. The monoisotopic (exact) mass is 1250 g/mol. The van der Waals surface area contributed by atoms with Crippen molar-refractivity contribution in [1.82, 2.24) is 15.6 Å². The van der Waals surface area contributed by atoms with Crippen LogP contribution in [0.3, 0.4) is 0 Å². The minimum Gasteiger partial charge on any atom is -0.439 e. The van der Waals surface area contributed by atoms with Crippen LogP contribution in [-0.2, 0) is 71.7 Å². The van der Waals surface area contributed by atoms with E-state index >= 15 is 0 Å². The van der Waals surface area contributed by atoms with E-state index in [2.05, 4.69) is 15.6 Å². The Balaban J connectivity index is 1.02. The van der Waals surface area contributed by atoms with Crippen LogP contribution in [0, 0.1) is 0 Å². The summed E-state index contributed by atoms with van der Waals surface area (Å²) in [5.41, 5.74) is 8.71. The standard InChI is InChI=1S/C59H67ClF3N7O12S3/c1-57(2)48-35-44(60)38-69(27-11-29-83(73,74)75)55(48)68-50(57)22-18-41(19-23-52-58(3,4)47-36-46(85(79,80)81)20-21-49(47)70(52)28-12-30-84(76,77)78)42-14-9-13-39(31-42)17-24-53(71)65-25-7-5-6-8-26-66-56(72)43-15-10-16-45(34-43)82-54-33-40(37-64)32-51(67-54)59(61,62)63/h9-10,13-16,18-23,31-36,38H,5-8,11-12,17,24-30,37,64H2,1-4H3,(H4-,65,66,71,72,73,74,75,76,77,78,79,80,81)/p+1. The first-order chi connectivity index (χ1) is 39.8. The lowest BCUT2D eigenvalue weighted by molar-refractivity contribution is -0.684. The summed E-state index contributed by atoms with van der Waals surface area (Å²) >= 11 is 6.59. The maximum Gasteiger partial charge on any atom is 0.433 e. The average molecular weight is 1260 g/mol. The number of hydrogen-bond acceptors (Lipinski definition) is 13. The number of amides is 2. The molecule has 7 N–H and O–H groups in total. The van der Waals surface area contributed by atoms with Crippen molar-refractivity contribution in [3.8, 4) is 11.6 Å². The number of nitrogens with one attached hydrogen (secondary N) is 2. The summed E-state index contributed by atoms with van der Waals surface area (Å²) in [7, 11) is -13.1. The van der Waals surface area contributed by atoms with Gasteiger partial charge in [-0.2, -0.15) is 38.4 Å². The van der Waals surface area contributed by atoms with Gasteiger partial charge in [-0.15, -0.1) is 0 Å². The molecule has 26 heteroatoms. The Labute approximate surface area is 498 Å². The normalized spacial score (nSPS) is 15.5. The second kappa shape index (κ2) is 27.2. The molecule has 0 aliphatic carbocycles. The Morgan fingerprint density at radius 1 is 0.788 bits per heavy atom. The van der Waals surface area contributed by atoms with Gasteiger partial charge in [-0.3, -0.25) is 23.2 Å². The topological polar surface area (TPSA) is 289 Å². The Bertz CT molecular complexity index is 3820. The zero-order valence-electron chi connectivity index (χ0n) is 47.2. The molecule has 2 aromatic heterocycles. The van der Waals surface area contributed by atoms with Crippen LogP contribution < -0.4 is 30.6 Å². The summed E-state index contributed by atoms with van der Waals surface area (Å²) in [6.07, 6.45) is 7.94. The number of aryl methyl sites for hydroxylation is 2. The molecule has 4 heterocycles. The van der Waals surface area contributed by atoms with Gasteiger partial charge in [0.25, 0.3) is 36.3 Å². The van der Waals surface area contributed by atoms with Crippen molar-refractivity contribution >= 4 is 76.6 Å². The number of hydrogen-bond donors (Lipinski definition) is 6. The third-order valence-corrected chi connectivity index (χ3v) is 17.2. The van der Waals surface area contributed by atoms with Crippen LogP contribution in [0.4, 0.5) is 24.7 Å². The first-order valence-electron chi connectivity index (χ1n) is 27.3. The maximum absolute atomic E-state index is 13.4. The van der Waals surface area contributed by atoms with Crippen molar-refractivity contribution in [2.24, 2.45) is 10.7 Å². The highest BCUT2D eigenvalue weighted by atomic mass is 35.5. The molecule has 2 aliphatic rings. The number of fused-ring (bicyclic) bond motifs is 2. The lowest BCUT2D eigenvalue weighted by Crippen LogP contribution is -2.36. The minimum absolute atomic E-state index is 0.0165. The fraction of sp³-hybridized carbons (Fsp3) is 0.373. The smallest absolute Gasteiger partial charge is 0.433 e. The molecule has 0 saturated heterocycles. The number of allylic oxidation sites excluding steroid dienone is 6. The number of aromatic nitrogens is 2. The molecular formula is C59H68ClF3N7O12S3+. The molecule has 2 aliphatic heterocycles. The van der Waals surface area contributed by atoms with Gasteiger partial charge in [-0.25, -0.2) is 9.55 Å². The van der Waals surface area contributed by atoms with Crippen LogP contribution in [0.25, 0.3) is 5.57 Å². The molecule has 0 fully saturated rings. The van der Waals surface area contributed by atoms with Crippen LogP contribution in [-0.4, -0.2) is 92.6 Å². The number of alkyl halides is 3. The van der Waals surface area contributed by atoms with Gasteiger partial charge < -0.3 is 26.0 Å². The molecule has 0 unspecified atom stereocenters. The Morgan fingerprint density at radius 2 is 1.47 bits per heavy atom. The number of halogens is 4. The third kappa shape index (κ3) is 17.9. The third-order valence-electron chi connectivity index (χ3n) is 14.5. The summed E-state index contributed by atoms with van der Waals surface area (Å²) in [5.74, 6) is -1.16. The molecule has 85 heavy (non-hydrogen) atoms. The summed E-state index contributed by atoms with van der Waals surface area (Å²) in [4.78, 5) is 36.2. The molecule has 19 nitrogen and oxygen atoms in total. The molecule has 3 aromatic carbocycles. The molecule has 0 spiro atoms. The number of carbonyl (C=O) groups is 2. The number of anilines is 1. The van der Waals surface area contributed by atoms with Crippen molar-refractivity contribution in [1.29, 1.82) is 0 Å². The van der Waals surface area contributed by atoms with E-state index in [1.807, 2.05) is 81.2 Å². The van der Waals surface area contributed by atoms with Crippen LogP contribution in [0.5, 0.6) is 11.6 Å². The zero-order valence-corrected chi connectivity index (χ0v) is 50.4. The first kappa shape index (κ1) is 65.7. The Morgan fingerprint density at radius 3 is 2.15 bits per heavy atom. The van der Waals surface area contributed by atoms with E-state index in [1.165, 1.54) is 30.3 Å². The number of carbonyl (C=O) groups excluding carboxylic acids is 2. The Kier molecular flexibility index (Phi) is 21.1. The molecule has 456 valence electrons. The number of pyridine rings is 2. The van der Waals surface area contributed by atoms with Gasteiger partial charge in [-0.1, -0.05) is 80.8 Å². The summed E-state index contributed by atoms with van der Waals surface area (Å²) < 4.78 is 148. The highest BCUT2D eigenvalue weighted by molar-refractivity contribution is 7.86. The number of nitrogens with two attached hydrogens (primary N) is 1. The van der Waals surface area contributed by atoms with E-state index in [0.717, 1.165) is 35.6 Å². The number of aliphatic imine (C=N–C) groups is 1. The minimum atomic E-state index is -4.70. The largest absolute Gasteiger partial charge is 0.439 e. The number of rotatable bonds is 27. The molecule has 0 saturated carbocycles. The van der Waals surface area contributed by atoms with Gasteiger partial charge in [0, 0.05) is 67.4 Å². The van der Waals surface area contributed by atoms with E-state index in [9.17, 15) is 61.7 Å². The van der Waals surface area contributed by atoms with Crippen LogP contribution in [0.15, 0.2) is 131 Å². The summed E-state index contributed by atoms with van der Waals surface area (Å²) in [5, 5.41) is 6.22. The van der Waals surface area contributed by atoms with Gasteiger partial charge in [0.15, 0.2) is 5.71 Å². The maximum atomic E-state index is 13.4. The highest BCUT2D eigenvalue weighted by Gasteiger charge is 2.43. The number of benzene rings is 3. The van der Waals surface area contributed by atoms with Crippen molar-refractivity contribution in [2.45, 2.75) is 114 Å².